The Balaban J connectivity index is 1.40. The van der Waals surface area contributed by atoms with E-state index in [1.165, 1.54) is 0 Å². The van der Waals surface area contributed by atoms with E-state index in [-0.39, 0.29) is 29.6 Å². The summed E-state index contributed by atoms with van der Waals surface area (Å²) in [6.07, 6.45) is 4.56. The third-order valence-electron chi connectivity index (χ3n) is 7.05. The minimum absolute atomic E-state index is 0.0867. The number of aromatic nitrogens is 5. The number of benzene rings is 1. The average Bonchev–Trinajstić information content (AvgIpc) is 3.48. The molecule has 206 valence electrons. The highest BCUT2D eigenvalue weighted by atomic mass is 19.1. The highest BCUT2D eigenvalue weighted by Crippen LogP contribution is 2.34. The molecule has 0 aliphatic carbocycles. The number of para-hydroxylation sites is 1. The van der Waals surface area contributed by atoms with Gasteiger partial charge in [-0.25, -0.2) is 14.4 Å². The molecule has 1 saturated heterocycles. The summed E-state index contributed by atoms with van der Waals surface area (Å²) in [7, 11) is 3.87. The predicted molar refractivity (Wildman–Crippen MR) is 149 cm³/mol. The van der Waals surface area contributed by atoms with Gasteiger partial charge in [0.1, 0.15) is 11.4 Å². The molecule has 4 aromatic rings. The Morgan fingerprint density at radius 2 is 2.10 bits per heavy atom. The Labute approximate surface area is 226 Å². The molecule has 0 unspecified atom stereocenters. The van der Waals surface area contributed by atoms with E-state index in [1.807, 2.05) is 32.0 Å². The molecule has 1 amide bonds. The van der Waals surface area contributed by atoms with Crippen molar-refractivity contribution in [2.24, 2.45) is 7.05 Å². The number of hydrogen-bond donors (Lipinski definition) is 3. The summed E-state index contributed by atoms with van der Waals surface area (Å²) >= 11 is 0. The van der Waals surface area contributed by atoms with Crippen molar-refractivity contribution in [3.05, 3.63) is 42.6 Å². The van der Waals surface area contributed by atoms with E-state index >= 15 is 4.39 Å². The van der Waals surface area contributed by atoms with Crippen molar-refractivity contribution < 1.29 is 13.9 Å². The van der Waals surface area contributed by atoms with Crippen molar-refractivity contribution in [3.63, 3.8) is 0 Å². The lowest BCUT2D eigenvalue weighted by atomic mass is 10.1. The Bertz CT molecular complexity index is 1480. The van der Waals surface area contributed by atoms with E-state index < -0.39 is 5.82 Å². The number of ether oxygens (including phenoxy) is 1. The number of amides is 1. The van der Waals surface area contributed by atoms with Gasteiger partial charge in [-0.05, 0) is 33.9 Å². The number of aromatic amines is 1. The molecule has 0 saturated carbocycles. The van der Waals surface area contributed by atoms with Crippen LogP contribution in [-0.4, -0.2) is 85.8 Å². The van der Waals surface area contributed by atoms with Crippen LogP contribution in [0.15, 0.2) is 36.8 Å². The number of nitrogens with zero attached hydrogens (tertiary/aromatic N) is 6. The number of piperazine rings is 1. The van der Waals surface area contributed by atoms with Gasteiger partial charge in [0, 0.05) is 49.9 Å². The number of aryl methyl sites for hydroxylation is 1. The van der Waals surface area contributed by atoms with Gasteiger partial charge in [0.25, 0.3) is 5.88 Å². The average molecular weight is 536 g/mol. The van der Waals surface area contributed by atoms with Crippen LogP contribution in [0.5, 0.6) is 5.88 Å². The molecule has 2 atom stereocenters. The summed E-state index contributed by atoms with van der Waals surface area (Å²) in [5.74, 6) is -0.0439. The molecular formula is C27H34FN9O2. The SMILES string of the molecule is CCOc1nn(C)cc1Nc1ncc(F)c(-c2c[nH]c3c(NC(=O)[C@@H](C)N4CCN(C)C[C@@H]4C)cccc23)n1. The van der Waals surface area contributed by atoms with Crippen LogP contribution in [0.4, 0.5) is 21.7 Å². The zero-order valence-corrected chi connectivity index (χ0v) is 22.8. The van der Waals surface area contributed by atoms with Crippen LogP contribution in [0.25, 0.3) is 22.2 Å². The van der Waals surface area contributed by atoms with Gasteiger partial charge in [0.2, 0.25) is 11.9 Å². The number of hydrogen-bond acceptors (Lipinski definition) is 8. The van der Waals surface area contributed by atoms with Crippen LogP contribution in [0, 0.1) is 5.82 Å². The number of rotatable bonds is 8. The van der Waals surface area contributed by atoms with Crippen molar-refractivity contribution in [1.29, 1.82) is 0 Å². The molecule has 5 rings (SSSR count). The number of nitrogens with one attached hydrogen (secondary N) is 3. The monoisotopic (exact) mass is 535 g/mol. The zero-order valence-electron chi connectivity index (χ0n) is 22.8. The fourth-order valence-corrected chi connectivity index (χ4v) is 5.11. The molecular weight excluding hydrogens is 501 g/mol. The second-order valence-corrected chi connectivity index (χ2v) is 9.91. The summed E-state index contributed by atoms with van der Waals surface area (Å²) in [4.78, 5) is 29.5. The lowest BCUT2D eigenvalue weighted by Crippen LogP contribution is -2.56. The van der Waals surface area contributed by atoms with E-state index in [9.17, 15) is 4.79 Å². The van der Waals surface area contributed by atoms with Crippen LogP contribution < -0.4 is 15.4 Å². The van der Waals surface area contributed by atoms with Crippen molar-refractivity contribution in [1.82, 2.24) is 34.5 Å². The summed E-state index contributed by atoms with van der Waals surface area (Å²) in [5, 5.41) is 11.1. The van der Waals surface area contributed by atoms with Crippen molar-refractivity contribution in [2.75, 3.05) is 43.9 Å². The highest BCUT2D eigenvalue weighted by Gasteiger charge is 2.30. The van der Waals surface area contributed by atoms with Gasteiger partial charge in [0.15, 0.2) is 5.82 Å². The molecule has 3 aromatic heterocycles. The zero-order chi connectivity index (χ0) is 27.7. The van der Waals surface area contributed by atoms with E-state index in [2.05, 4.69) is 54.5 Å². The van der Waals surface area contributed by atoms with Crippen LogP contribution >= 0.6 is 0 Å². The minimum Gasteiger partial charge on any atom is -0.475 e. The van der Waals surface area contributed by atoms with E-state index in [0.717, 1.165) is 31.2 Å². The highest BCUT2D eigenvalue weighted by molar-refractivity contribution is 6.06. The van der Waals surface area contributed by atoms with Gasteiger partial charge < -0.3 is 25.3 Å². The number of anilines is 3. The summed E-state index contributed by atoms with van der Waals surface area (Å²) in [6.45, 7) is 9.06. The Kier molecular flexibility index (Phi) is 7.49. The summed E-state index contributed by atoms with van der Waals surface area (Å²) in [5.41, 5.74) is 2.58. The molecule has 3 N–H and O–H groups in total. The van der Waals surface area contributed by atoms with Crippen LogP contribution in [0.2, 0.25) is 0 Å². The number of H-pyrrole nitrogens is 1. The topological polar surface area (TPSA) is 116 Å². The van der Waals surface area contributed by atoms with Gasteiger partial charge in [-0.3, -0.25) is 14.4 Å². The predicted octanol–water partition coefficient (Wildman–Crippen LogP) is 3.60. The van der Waals surface area contributed by atoms with Crippen molar-refractivity contribution in [2.45, 2.75) is 32.9 Å². The third-order valence-corrected chi connectivity index (χ3v) is 7.05. The second-order valence-electron chi connectivity index (χ2n) is 9.91. The first-order valence-electron chi connectivity index (χ1n) is 13.1. The third kappa shape index (κ3) is 5.43. The van der Waals surface area contributed by atoms with Gasteiger partial charge in [-0.2, -0.15) is 0 Å². The molecule has 1 aliphatic rings. The lowest BCUT2D eigenvalue weighted by molar-refractivity contribution is -0.122. The number of carbonyl (C=O) groups is 1. The molecule has 4 heterocycles. The second kappa shape index (κ2) is 11.0. The van der Waals surface area contributed by atoms with Crippen LogP contribution in [0.1, 0.15) is 20.8 Å². The molecule has 39 heavy (non-hydrogen) atoms. The molecule has 0 radical (unpaired) electrons. The van der Waals surface area contributed by atoms with E-state index in [4.69, 9.17) is 4.74 Å². The minimum atomic E-state index is -0.565. The summed E-state index contributed by atoms with van der Waals surface area (Å²) in [6, 6.07) is 5.52. The van der Waals surface area contributed by atoms with Gasteiger partial charge in [-0.15, -0.1) is 5.10 Å². The Morgan fingerprint density at radius 3 is 2.87 bits per heavy atom. The van der Waals surface area contributed by atoms with E-state index in [1.54, 1.807) is 24.1 Å². The Morgan fingerprint density at radius 1 is 1.28 bits per heavy atom. The number of fused-ring (bicyclic) bond motifs is 1. The van der Waals surface area contributed by atoms with Crippen molar-refractivity contribution >= 4 is 34.1 Å². The molecule has 0 bridgehead atoms. The summed E-state index contributed by atoms with van der Waals surface area (Å²) < 4.78 is 22.2. The maximum absolute atomic E-state index is 15.0. The number of likely N-dealkylation sites (N-methyl/N-ethyl adjacent to an activating group) is 1. The van der Waals surface area contributed by atoms with Crippen LogP contribution in [0.3, 0.4) is 0 Å². The van der Waals surface area contributed by atoms with Crippen LogP contribution in [-0.2, 0) is 11.8 Å². The fraction of sp³-hybridized carbons (Fsp3) is 0.407. The number of carbonyl (C=O) groups excluding carboxylic acids is 1. The Hall–Kier alpha value is -4.03. The molecule has 1 fully saturated rings. The van der Waals surface area contributed by atoms with Gasteiger partial charge >= 0.3 is 0 Å². The van der Waals surface area contributed by atoms with Gasteiger partial charge in [-0.1, -0.05) is 12.1 Å². The van der Waals surface area contributed by atoms with Crippen molar-refractivity contribution in [3.8, 4) is 17.1 Å². The molecule has 12 heteroatoms. The molecule has 1 aromatic carbocycles. The molecule has 0 spiro atoms. The molecule has 1 aliphatic heterocycles. The van der Waals surface area contributed by atoms with E-state index in [0.29, 0.717) is 34.9 Å². The quantitative estimate of drug-likeness (QED) is 0.313. The number of halogens is 1. The van der Waals surface area contributed by atoms with Gasteiger partial charge in [0.05, 0.1) is 36.2 Å². The maximum Gasteiger partial charge on any atom is 0.256 e. The largest absolute Gasteiger partial charge is 0.475 e. The maximum atomic E-state index is 15.0. The normalized spacial score (nSPS) is 17.3. The first-order chi connectivity index (χ1) is 18.7. The molecule has 11 nitrogen and oxygen atoms in total. The smallest absolute Gasteiger partial charge is 0.256 e. The first kappa shape index (κ1) is 26.6. The standard InChI is InChI=1S/C27H34FN9O2/c1-6-39-26-22(15-36(5)34-26)32-27-30-13-20(28)23(33-27)19-12-29-24-18(19)8-7-9-21(24)31-25(38)17(3)37-11-10-35(4)14-16(37)2/h7-9,12-13,15-17,29H,6,10-11,14H2,1-5H3,(H,31,38)(H,30,32,33)/t16-,17+/m0/s1. The lowest BCUT2D eigenvalue weighted by Gasteiger charge is -2.41. The fourth-order valence-electron chi connectivity index (χ4n) is 5.11. The first-order valence-corrected chi connectivity index (χ1v) is 13.1.